The van der Waals surface area contributed by atoms with E-state index in [1.165, 1.54) is 21.3 Å². The largest absolute Gasteiger partial charge is 0.407 e. The van der Waals surface area contributed by atoms with Crippen molar-refractivity contribution in [1.82, 2.24) is 4.98 Å². The van der Waals surface area contributed by atoms with E-state index < -0.39 is 8.32 Å². The van der Waals surface area contributed by atoms with E-state index in [4.69, 9.17) is 4.43 Å². The van der Waals surface area contributed by atoms with Gasteiger partial charge in [0.15, 0.2) is 0 Å². The van der Waals surface area contributed by atoms with Crippen LogP contribution in [0.3, 0.4) is 0 Å². The molecule has 0 aliphatic heterocycles. The Kier molecular flexibility index (Phi) is 6.08. The molecule has 0 saturated heterocycles. The minimum absolute atomic E-state index is 0.0181. The third-order valence-electron chi connectivity index (χ3n) is 6.18. The first-order valence-corrected chi connectivity index (χ1v) is 12.9. The Hall–Kier alpha value is -2.75. The van der Waals surface area contributed by atoms with E-state index in [-0.39, 0.29) is 11.0 Å². The van der Waals surface area contributed by atoms with E-state index in [1.54, 1.807) is 0 Å². The predicted molar refractivity (Wildman–Crippen MR) is 134 cm³/mol. The number of hydrogen-bond acceptors (Lipinski definition) is 2. The average Bonchev–Trinajstić information content (AvgIpc) is 2.79. The molecule has 4 rings (SSSR count). The monoisotopic (exact) mass is 425 g/mol. The summed E-state index contributed by atoms with van der Waals surface area (Å²) in [6, 6.07) is 32.2. The van der Waals surface area contributed by atoms with E-state index in [9.17, 15) is 0 Å². The summed E-state index contributed by atoms with van der Waals surface area (Å²) in [4.78, 5) is 4.54. The Morgan fingerprint density at radius 1 is 0.774 bits per heavy atom. The van der Waals surface area contributed by atoms with Gasteiger partial charge in [0, 0.05) is 24.1 Å². The van der Waals surface area contributed by atoms with E-state index in [0.29, 0.717) is 6.61 Å². The highest BCUT2D eigenvalue weighted by Gasteiger charge is 2.50. The van der Waals surface area contributed by atoms with Gasteiger partial charge in [-0.05, 0) is 33.1 Å². The maximum atomic E-state index is 7.15. The first-order valence-electron chi connectivity index (χ1n) is 11.0. The van der Waals surface area contributed by atoms with E-state index in [2.05, 4.69) is 118 Å². The lowest BCUT2D eigenvalue weighted by molar-refractivity contribution is 0.278. The SMILES string of the molecule is CC(CO[Si](c1ccccc1)(c1ccccc1)C(C)(C)C)c1ccnc2ccccc12. The van der Waals surface area contributed by atoms with Gasteiger partial charge in [0.1, 0.15) is 0 Å². The number of nitrogens with zero attached hydrogens (tertiary/aromatic N) is 1. The van der Waals surface area contributed by atoms with Crippen molar-refractivity contribution in [3.63, 3.8) is 0 Å². The molecule has 1 unspecified atom stereocenters. The maximum absolute atomic E-state index is 7.15. The molecule has 0 saturated carbocycles. The molecular formula is C28H31NOSi. The normalized spacial score (nSPS) is 13.3. The molecule has 0 aliphatic rings. The number of pyridine rings is 1. The fraction of sp³-hybridized carbons (Fsp3) is 0.250. The van der Waals surface area contributed by atoms with Crippen LogP contribution in [0.1, 0.15) is 39.2 Å². The molecule has 31 heavy (non-hydrogen) atoms. The molecule has 1 aromatic heterocycles. The second-order valence-electron chi connectivity index (χ2n) is 9.29. The molecule has 158 valence electrons. The van der Waals surface area contributed by atoms with Crippen molar-refractivity contribution < 1.29 is 4.43 Å². The van der Waals surface area contributed by atoms with Crippen LogP contribution in [0.4, 0.5) is 0 Å². The van der Waals surface area contributed by atoms with Crippen LogP contribution in [0.2, 0.25) is 5.04 Å². The number of hydrogen-bond donors (Lipinski definition) is 0. The summed E-state index contributed by atoms with van der Waals surface area (Å²) < 4.78 is 7.15. The van der Waals surface area contributed by atoms with Crippen molar-refractivity contribution in [3.05, 3.63) is 103 Å². The zero-order valence-corrected chi connectivity index (χ0v) is 19.9. The zero-order chi connectivity index (χ0) is 21.9. The molecule has 4 aromatic rings. The maximum Gasteiger partial charge on any atom is 0.261 e. The van der Waals surface area contributed by atoms with Gasteiger partial charge in [-0.15, -0.1) is 0 Å². The van der Waals surface area contributed by atoms with Crippen LogP contribution < -0.4 is 10.4 Å². The molecule has 2 nitrogen and oxygen atoms in total. The van der Waals surface area contributed by atoms with Crippen molar-refractivity contribution >= 4 is 29.6 Å². The van der Waals surface area contributed by atoms with Gasteiger partial charge in [-0.3, -0.25) is 4.98 Å². The van der Waals surface area contributed by atoms with Crippen LogP contribution in [-0.2, 0) is 4.43 Å². The number of para-hydroxylation sites is 1. The summed E-state index contributed by atoms with van der Waals surface area (Å²) in [6.07, 6.45) is 1.91. The minimum Gasteiger partial charge on any atom is -0.407 e. The number of benzene rings is 3. The van der Waals surface area contributed by atoms with Crippen LogP contribution in [0, 0.1) is 0 Å². The van der Waals surface area contributed by atoms with E-state index >= 15 is 0 Å². The number of aromatic nitrogens is 1. The van der Waals surface area contributed by atoms with Crippen molar-refractivity contribution in [2.45, 2.75) is 38.7 Å². The zero-order valence-electron chi connectivity index (χ0n) is 18.9. The molecule has 0 bridgehead atoms. The summed E-state index contributed by atoms with van der Waals surface area (Å²) in [5.41, 5.74) is 2.33. The third-order valence-corrected chi connectivity index (χ3v) is 11.2. The highest BCUT2D eigenvalue weighted by atomic mass is 28.4. The van der Waals surface area contributed by atoms with Crippen LogP contribution in [0.25, 0.3) is 10.9 Å². The van der Waals surface area contributed by atoms with Crippen molar-refractivity contribution in [2.75, 3.05) is 6.61 Å². The molecule has 3 heteroatoms. The van der Waals surface area contributed by atoms with E-state index in [0.717, 1.165) is 5.52 Å². The quantitative estimate of drug-likeness (QED) is 0.358. The predicted octanol–water partition coefficient (Wildman–Crippen LogP) is 5.91. The molecule has 3 aromatic carbocycles. The first kappa shape index (κ1) is 21.5. The van der Waals surface area contributed by atoms with Gasteiger partial charge < -0.3 is 4.43 Å². The lowest BCUT2D eigenvalue weighted by Gasteiger charge is -2.43. The summed E-state index contributed by atoms with van der Waals surface area (Å²) in [5, 5.41) is 3.83. The Balaban J connectivity index is 1.76. The molecule has 1 heterocycles. The molecule has 0 aliphatic carbocycles. The van der Waals surface area contributed by atoms with Crippen molar-refractivity contribution in [3.8, 4) is 0 Å². The van der Waals surface area contributed by atoms with Gasteiger partial charge in [-0.2, -0.15) is 0 Å². The van der Waals surface area contributed by atoms with E-state index in [1.807, 2.05) is 12.3 Å². The van der Waals surface area contributed by atoms with Crippen LogP contribution >= 0.6 is 0 Å². The van der Waals surface area contributed by atoms with Crippen LogP contribution in [0.5, 0.6) is 0 Å². The summed E-state index contributed by atoms with van der Waals surface area (Å²) >= 11 is 0. The fourth-order valence-electron chi connectivity index (χ4n) is 4.65. The van der Waals surface area contributed by atoms with Crippen molar-refractivity contribution in [2.24, 2.45) is 0 Å². The Morgan fingerprint density at radius 3 is 1.90 bits per heavy atom. The lowest BCUT2D eigenvalue weighted by atomic mass is 9.98. The summed E-state index contributed by atoms with van der Waals surface area (Å²) in [5.74, 6) is 0.259. The van der Waals surface area contributed by atoms with Gasteiger partial charge >= 0.3 is 0 Å². The molecule has 1 atom stereocenters. The van der Waals surface area contributed by atoms with Gasteiger partial charge in [0.25, 0.3) is 8.32 Å². The average molecular weight is 426 g/mol. The summed E-state index contributed by atoms with van der Waals surface area (Å²) in [6.45, 7) is 9.91. The van der Waals surface area contributed by atoms with Gasteiger partial charge in [-0.25, -0.2) is 0 Å². The molecule has 0 N–H and O–H groups in total. The fourth-order valence-corrected chi connectivity index (χ4v) is 9.30. The van der Waals surface area contributed by atoms with Crippen LogP contribution in [0.15, 0.2) is 97.2 Å². The third kappa shape index (κ3) is 4.08. The Bertz CT molecular complexity index is 1090. The van der Waals surface area contributed by atoms with Crippen molar-refractivity contribution in [1.29, 1.82) is 0 Å². The van der Waals surface area contributed by atoms with Gasteiger partial charge in [0.2, 0.25) is 0 Å². The summed E-state index contributed by atoms with van der Waals surface area (Å²) in [7, 11) is -2.53. The smallest absolute Gasteiger partial charge is 0.261 e. The van der Waals surface area contributed by atoms with Crippen LogP contribution in [-0.4, -0.2) is 19.9 Å². The Morgan fingerprint density at radius 2 is 1.32 bits per heavy atom. The second kappa shape index (κ2) is 8.78. The van der Waals surface area contributed by atoms with Gasteiger partial charge in [-0.1, -0.05) is 107 Å². The standard InChI is InChI=1S/C28H31NOSi/c1-22(25-19-20-29-27-18-12-11-17-26(25)27)21-30-31(28(2,3)4,23-13-7-5-8-14-23)24-15-9-6-10-16-24/h5-20,22H,21H2,1-4H3. The highest BCUT2D eigenvalue weighted by molar-refractivity contribution is 6.99. The Labute approximate surface area is 187 Å². The molecule has 0 amide bonds. The number of rotatable bonds is 6. The topological polar surface area (TPSA) is 22.1 Å². The van der Waals surface area contributed by atoms with Gasteiger partial charge in [0.05, 0.1) is 5.52 Å². The first-order chi connectivity index (χ1) is 14.9. The second-order valence-corrected chi connectivity index (χ2v) is 13.6. The number of fused-ring (bicyclic) bond motifs is 1. The lowest BCUT2D eigenvalue weighted by Crippen LogP contribution is -2.66. The highest BCUT2D eigenvalue weighted by Crippen LogP contribution is 2.37. The minimum atomic E-state index is -2.53. The molecule has 0 fully saturated rings. The molecule has 0 spiro atoms. The molecule has 0 radical (unpaired) electrons. The molecular weight excluding hydrogens is 394 g/mol.